The van der Waals surface area contributed by atoms with Crippen molar-refractivity contribution in [3.05, 3.63) is 59.7 Å². The minimum Gasteiger partial charge on any atom is -0.308 e. The molecule has 0 heterocycles. The highest BCUT2D eigenvalue weighted by molar-refractivity contribution is 5.99. The van der Waals surface area contributed by atoms with Crippen LogP contribution in [0.4, 0.5) is 38.1 Å². The number of nitrogens with one attached hydrogen (secondary N) is 2. The van der Waals surface area contributed by atoms with Crippen molar-refractivity contribution in [3.63, 3.8) is 0 Å². The molecule has 0 saturated heterocycles. The van der Waals surface area contributed by atoms with Gasteiger partial charge in [-0.15, -0.1) is 0 Å². The quantitative estimate of drug-likeness (QED) is 0.779. The van der Waals surface area contributed by atoms with Gasteiger partial charge in [0.25, 0.3) is 0 Å². The van der Waals surface area contributed by atoms with Crippen LogP contribution in [0.3, 0.4) is 0 Å². The molecule has 0 aliphatic rings. The maximum absolute atomic E-state index is 13.3. The van der Waals surface area contributed by atoms with Crippen LogP contribution in [0.25, 0.3) is 0 Å². The molecule has 0 radical (unpaired) electrons. The molecule has 116 valence electrons. The molecule has 0 saturated carbocycles. The minimum absolute atomic E-state index is 0.116. The molecule has 0 aromatic heterocycles. The van der Waals surface area contributed by atoms with E-state index in [-0.39, 0.29) is 11.4 Å². The van der Waals surface area contributed by atoms with Gasteiger partial charge in [-0.1, -0.05) is 6.07 Å². The van der Waals surface area contributed by atoms with Gasteiger partial charge < -0.3 is 10.6 Å². The topological polar surface area (TPSA) is 41.1 Å². The third kappa shape index (κ3) is 3.94. The van der Waals surface area contributed by atoms with Gasteiger partial charge in [0, 0.05) is 11.8 Å². The van der Waals surface area contributed by atoms with Gasteiger partial charge in [-0.2, -0.15) is 13.2 Å². The fourth-order valence-electron chi connectivity index (χ4n) is 1.65. The second-order valence-corrected chi connectivity index (χ2v) is 4.28. The van der Waals surface area contributed by atoms with Crippen molar-refractivity contribution in [1.82, 2.24) is 0 Å². The molecule has 0 fully saturated rings. The molecule has 0 bridgehead atoms. The lowest BCUT2D eigenvalue weighted by Gasteiger charge is -2.11. The predicted octanol–water partition coefficient (Wildman–Crippen LogP) is 4.63. The Labute approximate surface area is 121 Å². The number of amides is 2. The summed E-state index contributed by atoms with van der Waals surface area (Å²) in [5, 5.41) is 4.21. The Kier molecular flexibility index (Phi) is 4.30. The van der Waals surface area contributed by atoms with E-state index >= 15 is 0 Å². The van der Waals surface area contributed by atoms with Gasteiger partial charge in [0.05, 0.1) is 11.3 Å². The maximum Gasteiger partial charge on any atom is 0.416 e. The van der Waals surface area contributed by atoms with Crippen LogP contribution in [0.15, 0.2) is 42.5 Å². The standard InChI is InChI=1S/C14H9F5N2O/c15-9-4-5-12(11(16)7-9)21-13(22)20-10-3-1-2-8(6-10)14(17,18)19/h1-7H,(H2,20,21,22). The number of hydrogen-bond acceptors (Lipinski definition) is 1. The molecule has 0 aliphatic heterocycles. The zero-order valence-electron chi connectivity index (χ0n) is 10.8. The van der Waals surface area contributed by atoms with Gasteiger partial charge in [-0.3, -0.25) is 0 Å². The Balaban J connectivity index is 2.09. The molecule has 0 spiro atoms. The number of carbonyl (C=O) groups is 1. The first-order valence-corrected chi connectivity index (χ1v) is 5.96. The fourth-order valence-corrected chi connectivity index (χ4v) is 1.65. The van der Waals surface area contributed by atoms with E-state index in [0.717, 1.165) is 30.3 Å². The van der Waals surface area contributed by atoms with Crippen LogP contribution in [-0.4, -0.2) is 6.03 Å². The van der Waals surface area contributed by atoms with Crippen LogP contribution in [-0.2, 0) is 6.18 Å². The van der Waals surface area contributed by atoms with Crippen LogP contribution in [0, 0.1) is 11.6 Å². The lowest BCUT2D eigenvalue weighted by atomic mass is 10.2. The molecular weight excluding hydrogens is 307 g/mol. The maximum atomic E-state index is 13.3. The fraction of sp³-hybridized carbons (Fsp3) is 0.0714. The molecule has 8 heteroatoms. The largest absolute Gasteiger partial charge is 0.416 e. The summed E-state index contributed by atoms with van der Waals surface area (Å²) in [6.45, 7) is 0. The molecule has 2 amide bonds. The van der Waals surface area contributed by atoms with E-state index in [1.807, 2.05) is 0 Å². The number of hydrogen-bond donors (Lipinski definition) is 2. The Hall–Kier alpha value is -2.64. The van der Waals surface area contributed by atoms with E-state index in [1.54, 1.807) is 0 Å². The highest BCUT2D eigenvalue weighted by Crippen LogP contribution is 2.30. The number of carbonyl (C=O) groups excluding carboxylic acids is 1. The first-order valence-electron chi connectivity index (χ1n) is 5.96. The Bertz CT molecular complexity index is 700. The summed E-state index contributed by atoms with van der Waals surface area (Å²) in [5.74, 6) is -1.82. The molecule has 2 rings (SSSR count). The van der Waals surface area contributed by atoms with Gasteiger partial charge in [0.1, 0.15) is 11.6 Å². The summed E-state index contributed by atoms with van der Waals surface area (Å²) in [5.41, 5.74) is -1.35. The number of alkyl halides is 3. The number of benzene rings is 2. The van der Waals surface area contributed by atoms with Crippen LogP contribution in [0.2, 0.25) is 0 Å². The molecule has 0 unspecified atom stereocenters. The van der Waals surface area contributed by atoms with E-state index in [2.05, 4.69) is 10.6 Å². The molecule has 0 atom stereocenters. The smallest absolute Gasteiger partial charge is 0.308 e. The predicted molar refractivity (Wildman–Crippen MR) is 70.4 cm³/mol. The van der Waals surface area contributed by atoms with Gasteiger partial charge in [0.15, 0.2) is 0 Å². The van der Waals surface area contributed by atoms with Gasteiger partial charge in [0.2, 0.25) is 0 Å². The second-order valence-electron chi connectivity index (χ2n) is 4.28. The SMILES string of the molecule is O=C(Nc1cccc(C(F)(F)F)c1)Nc1ccc(F)cc1F. The Morgan fingerprint density at radius 1 is 0.955 bits per heavy atom. The summed E-state index contributed by atoms with van der Waals surface area (Å²) in [4.78, 5) is 11.6. The number of anilines is 2. The van der Waals surface area contributed by atoms with E-state index in [1.165, 1.54) is 6.07 Å². The summed E-state index contributed by atoms with van der Waals surface area (Å²) < 4.78 is 63.6. The molecule has 3 nitrogen and oxygen atoms in total. The van der Waals surface area contributed by atoms with Gasteiger partial charge >= 0.3 is 12.2 Å². The highest BCUT2D eigenvalue weighted by atomic mass is 19.4. The third-order valence-corrected chi connectivity index (χ3v) is 2.63. The zero-order chi connectivity index (χ0) is 16.3. The van der Waals surface area contributed by atoms with Crippen LogP contribution in [0.5, 0.6) is 0 Å². The van der Waals surface area contributed by atoms with Crippen molar-refractivity contribution >= 4 is 17.4 Å². The molecule has 0 aliphatic carbocycles. The normalized spacial score (nSPS) is 11.1. The Morgan fingerprint density at radius 3 is 2.32 bits per heavy atom. The van der Waals surface area contributed by atoms with Crippen LogP contribution >= 0.6 is 0 Å². The minimum atomic E-state index is -4.54. The summed E-state index contributed by atoms with van der Waals surface area (Å²) in [6, 6.07) is 5.50. The summed E-state index contributed by atoms with van der Waals surface area (Å²) in [6.07, 6.45) is -4.54. The Morgan fingerprint density at radius 2 is 1.68 bits per heavy atom. The number of halogens is 5. The van der Waals surface area contributed by atoms with Crippen LogP contribution in [0.1, 0.15) is 5.56 Å². The number of rotatable bonds is 2. The van der Waals surface area contributed by atoms with E-state index in [9.17, 15) is 26.7 Å². The second kappa shape index (κ2) is 6.00. The van der Waals surface area contributed by atoms with E-state index in [4.69, 9.17) is 0 Å². The first kappa shape index (κ1) is 15.7. The summed E-state index contributed by atoms with van der Waals surface area (Å²) >= 11 is 0. The molecule has 2 aromatic carbocycles. The molecule has 2 N–H and O–H groups in total. The third-order valence-electron chi connectivity index (χ3n) is 2.63. The van der Waals surface area contributed by atoms with E-state index in [0.29, 0.717) is 6.07 Å². The first-order chi connectivity index (χ1) is 10.3. The lowest BCUT2D eigenvalue weighted by Crippen LogP contribution is -2.20. The highest BCUT2D eigenvalue weighted by Gasteiger charge is 2.30. The molecular formula is C14H9F5N2O. The lowest BCUT2D eigenvalue weighted by molar-refractivity contribution is -0.137. The van der Waals surface area contributed by atoms with Gasteiger partial charge in [-0.05, 0) is 30.3 Å². The summed E-state index contributed by atoms with van der Waals surface area (Å²) in [7, 11) is 0. The molecule has 22 heavy (non-hydrogen) atoms. The van der Waals surface area contributed by atoms with Crippen LogP contribution < -0.4 is 10.6 Å². The van der Waals surface area contributed by atoms with E-state index < -0.39 is 29.4 Å². The van der Waals surface area contributed by atoms with Crippen molar-refractivity contribution < 1.29 is 26.7 Å². The monoisotopic (exact) mass is 316 g/mol. The average Bonchev–Trinajstić information content (AvgIpc) is 2.41. The zero-order valence-corrected chi connectivity index (χ0v) is 10.8. The average molecular weight is 316 g/mol. The number of urea groups is 1. The van der Waals surface area contributed by atoms with Crippen molar-refractivity contribution in [2.75, 3.05) is 10.6 Å². The van der Waals surface area contributed by atoms with Crippen molar-refractivity contribution in [2.45, 2.75) is 6.18 Å². The van der Waals surface area contributed by atoms with Crippen molar-refractivity contribution in [2.24, 2.45) is 0 Å². The van der Waals surface area contributed by atoms with Crippen molar-refractivity contribution in [3.8, 4) is 0 Å². The van der Waals surface area contributed by atoms with Crippen molar-refractivity contribution in [1.29, 1.82) is 0 Å². The van der Waals surface area contributed by atoms with Gasteiger partial charge in [-0.25, -0.2) is 13.6 Å². The molecule has 2 aromatic rings.